The Bertz CT molecular complexity index is 1420. The summed E-state index contributed by atoms with van der Waals surface area (Å²) in [7, 11) is 0. The average Bonchev–Trinajstić information content (AvgIpc) is 3.30. The molecule has 3 aromatic rings. The molecule has 2 heterocycles. The molecule has 0 atom stereocenters. The van der Waals surface area contributed by atoms with Gasteiger partial charge in [-0.1, -0.05) is 31.0 Å². The van der Waals surface area contributed by atoms with Crippen molar-refractivity contribution >= 4 is 23.3 Å². The molecule has 0 unspecified atom stereocenters. The number of esters is 1. The molecule has 7 nitrogen and oxygen atoms in total. The quantitative estimate of drug-likeness (QED) is 0.193. The van der Waals surface area contributed by atoms with Gasteiger partial charge < -0.3 is 19.3 Å². The van der Waals surface area contributed by atoms with Gasteiger partial charge in [0.1, 0.15) is 18.1 Å². The summed E-state index contributed by atoms with van der Waals surface area (Å²) < 4.78 is 11.7. The number of carbonyl (C=O) groups excluding carboxylic acids is 2. The van der Waals surface area contributed by atoms with Gasteiger partial charge in [-0.2, -0.15) is 0 Å². The Labute approximate surface area is 262 Å². The van der Waals surface area contributed by atoms with Crippen LogP contribution in [0.1, 0.15) is 74.9 Å². The summed E-state index contributed by atoms with van der Waals surface area (Å²) in [6.07, 6.45) is 6.03. The number of nitrogens with zero attached hydrogens (tertiary/aromatic N) is 3. The van der Waals surface area contributed by atoms with Crippen LogP contribution < -0.4 is 19.3 Å². The van der Waals surface area contributed by atoms with Crippen LogP contribution in [0.25, 0.3) is 0 Å². The van der Waals surface area contributed by atoms with E-state index in [4.69, 9.17) is 9.47 Å². The molecular formula is C37H47N3O4. The highest BCUT2D eigenvalue weighted by molar-refractivity contribution is 6.07. The van der Waals surface area contributed by atoms with Gasteiger partial charge in [-0.25, -0.2) is 0 Å². The summed E-state index contributed by atoms with van der Waals surface area (Å²) in [5, 5.41) is 0. The topological polar surface area (TPSA) is 62.3 Å². The Morgan fingerprint density at radius 1 is 0.841 bits per heavy atom. The Morgan fingerprint density at radius 2 is 1.55 bits per heavy atom. The van der Waals surface area contributed by atoms with Crippen LogP contribution in [-0.2, 0) is 17.8 Å². The Morgan fingerprint density at radius 3 is 2.25 bits per heavy atom. The van der Waals surface area contributed by atoms with E-state index in [2.05, 4.69) is 21.9 Å². The number of carbonyl (C=O) groups is 2. The highest BCUT2D eigenvalue weighted by Crippen LogP contribution is 2.35. The third kappa shape index (κ3) is 7.81. The fourth-order valence-electron chi connectivity index (χ4n) is 5.94. The van der Waals surface area contributed by atoms with Crippen LogP contribution in [0.4, 0.5) is 11.4 Å². The number of hydrogen-bond donors (Lipinski definition) is 0. The van der Waals surface area contributed by atoms with E-state index in [1.165, 1.54) is 36.8 Å². The molecule has 0 saturated carbocycles. The molecule has 0 radical (unpaired) electrons. The molecule has 2 aliphatic heterocycles. The largest absolute Gasteiger partial charge is 0.492 e. The second-order valence-corrected chi connectivity index (χ2v) is 12.9. The van der Waals surface area contributed by atoms with Crippen molar-refractivity contribution in [2.45, 2.75) is 66.3 Å². The first-order valence-corrected chi connectivity index (χ1v) is 16.2. The van der Waals surface area contributed by atoms with Gasteiger partial charge in [0.25, 0.3) is 5.91 Å². The molecular weight excluding hydrogens is 550 g/mol. The molecule has 1 amide bonds. The molecule has 7 heteroatoms. The third-order valence-electron chi connectivity index (χ3n) is 8.56. The lowest BCUT2D eigenvalue weighted by atomic mass is 9.97. The zero-order chi connectivity index (χ0) is 31.1. The molecule has 1 fully saturated rings. The molecule has 2 aliphatic rings. The standard InChI is InChI=1S/C37H47N3O4/c1-5-40(35(41)28-14-17-31(18-15-28)43-25-24-38-21-10-6-7-11-22-38)34-13-9-8-12-33(34)39-23-20-29-26-32(19-16-30(29)27-39)44-36(42)37(2,3)4/h8-9,12-19,26H,5-7,10-11,20-25,27H2,1-4H3. The van der Waals surface area contributed by atoms with Crippen LogP contribution in [0.2, 0.25) is 0 Å². The smallest absolute Gasteiger partial charge is 0.316 e. The van der Waals surface area contributed by atoms with Gasteiger partial charge in [-0.15, -0.1) is 0 Å². The van der Waals surface area contributed by atoms with Crippen molar-refractivity contribution < 1.29 is 19.1 Å². The zero-order valence-corrected chi connectivity index (χ0v) is 26.8. The Hall–Kier alpha value is -3.84. The van der Waals surface area contributed by atoms with Gasteiger partial charge in [0.05, 0.1) is 16.8 Å². The number of ether oxygens (including phenoxy) is 2. The SMILES string of the molecule is CCN(C(=O)c1ccc(OCCN2CCCCCC2)cc1)c1ccccc1N1CCc2cc(OC(=O)C(C)(C)C)ccc2C1. The lowest BCUT2D eigenvalue weighted by Gasteiger charge is -2.34. The van der Waals surface area contributed by atoms with Crippen LogP contribution in [0.5, 0.6) is 11.5 Å². The first-order chi connectivity index (χ1) is 21.2. The Kier molecular flexibility index (Phi) is 10.3. The van der Waals surface area contributed by atoms with E-state index in [0.29, 0.717) is 24.5 Å². The molecule has 44 heavy (non-hydrogen) atoms. The highest BCUT2D eigenvalue weighted by atomic mass is 16.5. The number of rotatable bonds is 9. The molecule has 234 valence electrons. The zero-order valence-electron chi connectivity index (χ0n) is 26.8. The third-order valence-corrected chi connectivity index (χ3v) is 8.56. The predicted molar refractivity (Wildman–Crippen MR) is 177 cm³/mol. The molecule has 3 aromatic carbocycles. The summed E-state index contributed by atoms with van der Waals surface area (Å²) in [5.74, 6) is 1.12. The molecule has 0 bridgehead atoms. The van der Waals surface area contributed by atoms with Crippen LogP contribution >= 0.6 is 0 Å². The van der Waals surface area contributed by atoms with Crippen molar-refractivity contribution in [3.63, 3.8) is 0 Å². The fourth-order valence-corrected chi connectivity index (χ4v) is 5.94. The van der Waals surface area contributed by atoms with E-state index >= 15 is 0 Å². The van der Waals surface area contributed by atoms with Gasteiger partial charge in [-0.05, 0) is 120 Å². The molecule has 0 aromatic heterocycles. The van der Waals surface area contributed by atoms with Gasteiger partial charge in [0.2, 0.25) is 0 Å². The first-order valence-electron chi connectivity index (χ1n) is 16.2. The maximum Gasteiger partial charge on any atom is 0.316 e. The van der Waals surface area contributed by atoms with Gasteiger partial charge in [-0.3, -0.25) is 14.5 Å². The summed E-state index contributed by atoms with van der Waals surface area (Å²) >= 11 is 0. The number of anilines is 2. The van der Waals surface area contributed by atoms with Crippen molar-refractivity contribution in [3.05, 3.63) is 83.4 Å². The van der Waals surface area contributed by atoms with E-state index in [-0.39, 0.29) is 11.9 Å². The maximum absolute atomic E-state index is 13.8. The second kappa shape index (κ2) is 14.3. The van der Waals surface area contributed by atoms with E-state index < -0.39 is 5.41 Å². The lowest BCUT2D eigenvalue weighted by Crippen LogP contribution is -2.35. The maximum atomic E-state index is 13.8. The van der Waals surface area contributed by atoms with Crippen molar-refractivity contribution in [3.8, 4) is 11.5 Å². The van der Waals surface area contributed by atoms with Crippen LogP contribution in [0.3, 0.4) is 0 Å². The van der Waals surface area contributed by atoms with E-state index in [1.807, 2.05) is 87.2 Å². The summed E-state index contributed by atoms with van der Waals surface area (Å²) in [6, 6.07) is 21.6. The number of amides is 1. The molecule has 0 aliphatic carbocycles. The minimum atomic E-state index is -0.555. The number of hydrogen-bond acceptors (Lipinski definition) is 6. The first kappa shape index (κ1) is 31.6. The minimum Gasteiger partial charge on any atom is -0.492 e. The lowest BCUT2D eigenvalue weighted by molar-refractivity contribution is -0.143. The van der Waals surface area contributed by atoms with E-state index in [9.17, 15) is 9.59 Å². The summed E-state index contributed by atoms with van der Waals surface area (Å²) in [6.45, 7) is 13.6. The van der Waals surface area contributed by atoms with E-state index in [0.717, 1.165) is 56.3 Å². The van der Waals surface area contributed by atoms with Crippen LogP contribution in [-0.4, -0.2) is 56.1 Å². The fraction of sp³-hybridized carbons (Fsp3) is 0.459. The Balaban J connectivity index is 1.24. The van der Waals surface area contributed by atoms with Crippen molar-refractivity contribution in [1.29, 1.82) is 0 Å². The molecule has 5 rings (SSSR count). The summed E-state index contributed by atoms with van der Waals surface area (Å²) in [4.78, 5) is 32.8. The van der Waals surface area contributed by atoms with Gasteiger partial charge >= 0.3 is 5.97 Å². The summed E-state index contributed by atoms with van der Waals surface area (Å²) in [5.41, 5.74) is 4.41. The van der Waals surface area contributed by atoms with Crippen molar-refractivity contribution in [2.24, 2.45) is 5.41 Å². The number of benzene rings is 3. The molecule has 0 N–H and O–H groups in total. The van der Waals surface area contributed by atoms with Crippen molar-refractivity contribution in [1.82, 2.24) is 4.90 Å². The van der Waals surface area contributed by atoms with Crippen molar-refractivity contribution in [2.75, 3.05) is 49.1 Å². The molecule has 1 saturated heterocycles. The van der Waals surface area contributed by atoms with Crippen LogP contribution in [0, 0.1) is 5.41 Å². The number of fused-ring (bicyclic) bond motifs is 1. The second-order valence-electron chi connectivity index (χ2n) is 12.9. The van der Waals surface area contributed by atoms with Crippen LogP contribution in [0.15, 0.2) is 66.7 Å². The van der Waals surface area contributed by atoms with E-state index in [1.54, 1.807) is 0 Å². The molecule has 0 spiro atoms. The number of likely N-dealkylation sites (tertiary alicyclic amines) is 1. The van der Waals surface area contributed by atoms with Gasteiger partial charge in [0.15, 0.2) is 0 Å². The van der Waals surface area contributed by atoms with Gasteiger partial charge in [0, 0.05) is 31.7 Å². The predicted octanol–water partition coefficient (Wildman–Crippen LogP) is 7.12. The normalized spacial score (nSPS) is 15.7. The number of para-hydroxylation sites is 2. The monoisotopic (exact) mass is 597 g/mol. The highest BCUT2D eigenvalue weighted by Gasteiger charge is 2.26. The average molecular weight is 598 g/mol. The minimum absolute atomic E-state index is 0.0289.